The average Bonchev–Trinajstić information content (AvgIpc) is 3.26. The van der Waals surface area contributed by atoms with Crippen molar-refractivity contribution in [2.45, 2.75) is 25.9 Å². The first-order valence-corrected chi connectivity index (χ1v) is 10.5. The van der Waals surface area contributed by atoms with E-state index in [-0.39, 0.29) is 23.6 Å². The van der Waals surface area contributed by atoms with E-state index in [4.69, 9.17) is 0 Å². The summed E-state index contributed by atoms with van der Waals surface area (Å²) < 4.78 is 23.3. The number of amides is 2. The Morgan fingerprint density at radius 1 is 1.54 bits per heavy atom. The summed E-state index contributed by atoms with van der Waals surface area (Å²) in [4.78, 5) is 15.1. The van der Waals surface area contributed by atoms with Crippen molar-refractivity contribution in [2.75, 3.05) is 18.1 Å². The van der Waals surface area contributed by atoms with Gasteiger partial charge in [-0.2, -0.15) is 5.10 Å². The van der Waals surface area contributed by atoms with Gasteiger partial charge in [0.05, 0.1) is 28.3 Å². The number of carbonyl (C=O) groups is 1. The van der Waals surface area contributed by atoms with Crippen molar-refractivity contribution in [2.24, 2.45) is 0 Å². The first-order valence-electron chi connectivity index (χ1n) is 7.81. The van der Waals surface area contributed by atoms with Crippen molar-refractivity contribution >= 4 is 27.2 Å². The van der Waals surface area contributed by atoms with Crippen LogP contribution in [0.1, 0.15) is 18.9 Å². The SMILES string of the molecule is CCN(C(=O)NCc1cn[nH]c1-c1cccs1)C1CCS(=O)(=O)C1. The van der Waals surface area contributed by atoms with Gasteiger partial charge in [0, 0.05) is 24.7 Å². The predicted octanol–water partition coefficient (Wildman–Crippen LogP) is 1.86. The third-order valence-corrected chi connectivity index (χ3v) is 6.80. The molecule has 0 aliphatic carbocycles. The summed E-state index contributed by atoms with van der Waals surface area (Å²) in [7, 11) is -3.01. The van der Waals surface area contributed by atoms with Crippen molar-refractivity contribution in [3.05, 3.63) is 29.3 Å². The van der Waals surface area contributed by atoms with Gasteiger partial charge in [-0.05, 0) is 24.8 Å². The second-order valence-corrected chi connectivity index (χ2v) is 8.93. The molecular weight excluding hydrogens is 348 g/mol. The van der Waals surface area contributed by atoms with Crippen LogP contribution in [0.25, 0.3) is 10.6 Å². The van der Waals surface area contributed by atoms with Gasteiger partial charge in [0.15, 0.2) is 9.84 Å². The molecule has 2 aromatic heterocycles. The lowest BCUT2D eigenvalue weighted by Gasteiger charge is -2.27. The maximum absolute atomic E-state index is 12.5. The molecule has 0 radical (unpaired) electrons. The number of H-pyrrole nitrogens is 1. The summed E-state index contributed by atoms with van der Waals surface area (Å²) in [6.07, 6.45) is 2.21. The number of aromatic nitrogens is 2. The number of thiophene rings is 1. The van der Waals surface area contributed by atoms with Crippen LogP contribution in [0.15, 0.2) is 23.7 Å². The van der Waals surface area contributed by atoms with Crippen LogP contribution in [0.3, 0.4) is 0 Å². The molecule has 7 nitrogen and oxygen atoms in total. The van der Waals surface area contributed by atoms with Gasteiger partial charge in [0.1, 0.15) is 0 Å². The van der Waals surface area contributed by atoms with Crippen molar-refractivity contribution in [1.82, 2.24) is 20.4 Å². The Balaban J connectivity index is 1.64. The molecule has 24 heavy (non-hydrogen) atoms. The molecule has 0 spiro atoms. The van der Waals surface area contributed by atoms with E-state index in [1.807, 2.05) is 24.4 Å². The van der Waals surface area contributed by atoms with E-state index in [0.29, 0.717) is 19.5 Å². The maximum Gasteiger partial charge on any atom is 0.317 e. The Morgan fingerprint density at radius 3 is 3.00 bits per heavy atom. The maximum atomic E-state index is 12.5. The molecule has 0 aromatic carbocycles. The molecule has 1 saturated heterocycles. The van der Waals surface area contributed by atoms with Crippen LogP contribution >= 0.6 is 11.3 Å². The summed E-state index contributed by atoms with van der Waals surface area (Å²) in [6.45, 7) is 2.69. The van der Waals surface area contributed by atoms with Crippen LogP contribution in [-0.2, 0) is 16.4 Å². The zero-order valence-electron chi connectivity index (χ0n) is 13.4. The Hall–Kier alpha value is -1.87. The number of aromatic amines is 1. The van der Waals surface area contributed by atoms with E-state index >= 15 is 0 Å². The summed E-state index contributed by atoms with van der Waals surface area (Å²) in [5, 5.41) is 11.9. The van der Waals surface area contributed by atoms with Gasteiger partial charge in [0.25, 0.3) is 0 Å². The Labute approximate surface area is 145 Å². The summed E-state index contributed by atoms with van der Waals surface area (Å²) in [5.74, 6) is 0.214. The smallest absolute Gasteiger partial charge is 0.317 e. The molecule has 0 saturated carbocycles. The topological polar surface area (TPSA) is 95.2 Å². The molecule has 1 fully saturated rings. The van der Waals surface area contributed by atoms with E-state index < -0.39 is 9.84 Å². The van der Waals surface area contributed by atoms with E-state index in [9.17, 15) is 13.2 Å². The first-order chi connectivity index (χ1) is 11.5. The van der Waals surface area contributed by atoms with Gasteiger partial charge < -0.3 is 10.2 Å². The summed E-state index contributed by atoms with van der Waals surface area (Å²) >= 11 is 1.60. The number of nitrogens with zero attached hydrogens (tertiary/aromatic N) is 2. The van der Waals surface area contributed by atoms with Crippen LogP contribution in [-0.4, -0.2) is 53.6 Å². The molecule has 9 heteroatoms. The lowest BCUT2D eigenvalue weighted by atomic mass is 10.2. The van der Waals surface area contributed by atoms with Crippen molar-refractivity contribution < 1.29 is 13.2 Å². The highest BCUT2D eigenvalue weighted by Crippen LogP contribution is 2.25. The van der Waals surface area contributed by atoms with Gasteiger partial charge in [0.2, 0.25) is 0 Å². The van der Waals surface area contributed by atoms with Crippen LogP contribution in [0.5, 0.6) is 0 Å². The fourth-order valence-corrected chi connectivity index (χ4v) is 5.43. The third-order valence-electron chi connectivity index (χ3n) is 4.17. The predicted molar refractivity (Wildman–Crippen MR) is 93.6 cm³/mol. The minimum Gasteiger partial charge on any atom is -0.334 e. The van der Waals surface area contributed by atoms with Gasteiger partial charge in [-0.1, -0.05) is 6.07 Å². The van der Waals surface area contributed by atoms with Crippen molar-refractivity contribution in [1.29, 1.82) is 0 Å². The number of sulfone groups is 1. The highest BCUT2D eigenvalue weighted by Gasteiger charge is 2.33. The van der Waals surface area contributed by atoms with E-state index in [2.05, 4.69) is 15.5 Å². The molecule has 2 amide bonds. The number of carbonyl (C=O) groups excluding carboxylic acids is 1. The molecule has 3 rings (SSSR count). The lowest BCUT2D eigenvalue weighted by Crippen LogP contribution is -2.46. The third kappa shape index (κ3) is 3.62. The summed E-state index contributed by atoms with van der Waals surface area (Å²) in [5.41, 5.74) is 1.80. The fourth-order valence-electron chi connectivity index (χ4n) is 2.94. The molecule has 2 N–H and O–H groups in total. The van der Waals surface area contributed by atoms with E-state index in [1.54, 1.807) is 22.4 Å². The molecule has 1 atom stereocenters. The second-order valence-electron chi connectivity index (χ2n) is 5.75. The van der Waals surface area contributed by atoms with Crippen LogP contribution in [0.4, 0.5) is 4.79 Å². The molecular formula is C15H20N4O3S2. The molecule has 1 aliphatic heterocycles. The minimum atomic E-state index is -3.01. The highest BCUT2D eigenvalue weighted by atomic mass is 32.2. The molecule has 2 aromatic rings. The Bertz CT molecular complexity index is 799. The van der Waals surface area contributed by atoms with E-state index in [1.165, 1.54) is 0 Å². The monoisotopic (exact) mass is 368 g/mol. The second kappa shape index (κ2) is 6.94. The normalized spacial score (nSPS) is 19.3. The quantitative estimate of drug-likeness (QED) is 0.842. The number of urea groups is 1. The highest BCUT2D eigenvalue weighted by molar-refractivity contribution is 7.91. The lowest BCUT2D eigenvalue weighted by molar-refractivity contribution is 0.183. The number of nitrogens with one attached hydrogen (secondary N) is 2. The first kappa shape index (κ1) is 17.0. The van der Waals surface area contributed by atoms with Crippen molar-refractivity contribution in [3.8, 4) is 10.6 Å². The Morgan fingerprint density at radius 2 is 2.38 bits per heavy atom. The van der Waals surface area contributed by atoms with Gasteiger partial charge in [-0.25, -0.2) is 13.2 Å². The molecule has 1 unspecified atom stereocenters. The van der Waals surface area contributed by atoms with Crippen LogP contribution < -0.4 is 5.32 Å². The zero-order valence-corrected chi connectivity index (χ0v) is 15.0. The fraction of sp³-hybridized carbons (Fsp3) is 0.467. The summed E-state index contributed by atoms with van der Waals surface area (Å²) in [6, 6.07) is 3.48. The van der Waals surface area contributed by atoms with Gasteiger partial charge >= 0.3 is 6.03 Å². The van der Waals surface area contributed by atoms with E-state index in [0.717, 1.165) is 16.1 Å². The number of hydrogen-bond acceptors (Lipinski definition) is 5. The molecule has 1 aliphatic rings. The number of hydrogen-bond donors (Lipinski definition) is 2. The standard InChI is InChI=1S/C15H20N4O3S2/c1-2-19(12-5-7-24(21,22)10-12)15(20)16-8-11-9-17-18-14(11)13-4-3-6-23-13/h3-4,6,9,12H,2,5,7-8,10H2,1H3,(H,16,20)(H,17,18). The molecule has 0 bridgehead atoms. The van der Waals surface area contributed by atoms with Gasteiger partial charge in [-0.15, -0.1) is 11.3 Å². The Kier molecular flexibility index (Phi) is 4.91. The molecule has 3 heterocycles. The van der Waals surface area contributed by atoms with Crippen molar-refractivity contribution in [3.63, 3.8) is 0 Å². The van der Waals surface area contributed by atoms with Crippen LogP contribution in [0, 0.1) is 0 Å². The largest absolute Gasteiger partial charge is 0.334 e. The van der Waals surface area contributed by atoms with Crippen LogP contribution in [0.2, 0.25) is 0 Å². The number of rotatable bonds is 5. The molecule has 130 valence electrons. The average molecular weight is 368 g/mol. The minimum absolute atomic E-state index is 0.0560. The van der Waals surface area contributed by atoms with Gasteiger partial charge in [-0.3, -0.25) is 5.10 Å². The zero-order chi connectivity index (χ0) is 17.2.